The van der Waals surface area contributed by atoms with Crippen LogP contribution in [-0.4, -0.2) is 17.9 Å². The highest BCUT2D eigenvalue weighted by atomic mass is 79.9. The van der Waals surface area contributed by atoms with Crippen LogP contribution < -0.4 is 11.5 Å². The summed E-state index contributed by atoms with van der Waals surface area (Å²) in [5.74, 6) is 0. The van der Waals surface area contributed by atoms with Crippen LogP contribution in [0.15, 0.2) is 0 Å². The fraction of sp³-hybridized carbons (Fsp3) is 1.00. The zero-order chi connectivity index (χ0) is 6.41. The van der Waals surface area contributed by atoms with Gasteiger partial charge in [0, 0.05) is 11.4 Å². The standard InChI is InChI=1S/C5H13BrN2/c6-5(4-8)2-1-3-7/h5H,1-4,7-8H2. The van der Waals surface area contributed by atoms with E-state index in [2.05, 4.69) is 15.9 Å². The van der Waals surface area contributed by atoms with Gasteiger partial charge in [-0.05, 0) is 19.4 Å². The molecule has 0 spiro atoms. The normalized spacial score (nSPS) is 13.9. The minimum Gasteiger partial charge on any atom is -0.330 e. The Morgan fingerprint density at radius 1 is 1.38 bits per heavy atom. The molecule has 0 radical (unpaired) electrons. The lowest BCUT2D eigenvalue weighted by Crippen LogP contribution is -2.14. The summed E-state index contributed by atoms with van der Waals surface area (Å²) in [4.78, 5) is 0.464. The van der Waals surface area contributed by atoms with Crippen molar-refractivity contribution in [2.75, 3.05) is 13.1 Å². The first-order chi connectivity index (χ1) is 3.81. The van der Waals surface area contributed by atoms with Crippen LogP contribution >= 0.6 is 15.9 Å². The van der Waals surface area contributed by atoms with Crippen molar-refractivity contribution in [3.05, 3.63) is 0 Å². The summed E-state index contributed by atoms with van der Waals surface area (Å²) in [5.41, 5.74) is 10.6. The van der Waals surface area contributed by atoms with Crippen LogP contribution in [0, 0.1) is 0 Å². The molecular weight excluding hydrogens is 168 g/mol. The van der Waals surface area contributed by atoms with Gasteiger partial charge in [-0.25, -0.2) is 0 Å². The Hall–Kier alpha value is 0.400. The molecule has 0 saturated carbocycles. The molecule has 0 fully saturated rings. The van der Waals surface area contributed by atoms with Gasteiger partial charge in [-0.3, -0.25) is 0 Å². The third-order valence-electron chi connectivity index (χ3n) is 0.977. The summed E-state index contributed by atoms with van der Waals surface area (Å²) in [5, 5.41) is 0. The third-order valence-corrected chi connectivity index (χ3v) is 1.81. The second-order valence-corrected chi connectivity index (χ2v) is 3.06. The van der Waals surface area contributed by atoms with E-state index in [-0.39, 0.29) is 0 Å². The van der Waals surface area contributed by atoms with E-state index in [0.717, 1.165) is 19.4 Å². The summed E-state index contributed by atoms with van der Waals surface area (Å²) < 4.78 is 0. The Balaban J connectivity index is 2.86. The second-order valence-electron chi connectivity index (χ2n) is 1.76. The van der Waals surface area contributed by atoms with Crippen LogP contribution in [0.25, 0.3) is 0 Å². The monoisotopic (exact) mass is 180 g/mol. The van der Waals surface area contributed by atoms with Gasteiger partial charge in [-0.15, -0.1) is 0 Å². The molecular formula is C5H13BrN2. The summed E-state index contributed by atoms with van der Waals surface area (Å²) >= 11 is 3.40. The Morgan fingerprint density at radius 2 is 2.00 bits per heavy atom. The highest BCUT2D eigenvalue weighted by molar-refractivity contribution is 9.09. The van der Waals surface area contributed by atoms with Gasteiger partial charge >= 0.3 is 0 Å². The highest BCUT2D eigenvalue weighted by Crippen LogP contribution is 2.03. The molecule has 0 amide bonds. The Labute approximate surface area is 58.7 Å². The van der Waals surface area contributed by atoms with Gasteiger partial charge in [-0.2, -0.15) is 0 Å². The van der Waals surface area contributed by atoms with Crippen molar-refractivity contribution in [1.82, 2.24) is 0 Å². The number of nitrogens with two attached hydrogens (primary N) is 2. The Morgan fingerprint density at radius 3 is 2.38 bits per heavy atom. The zero-order valence-corrected chi connectivity index (χ0v) is 6.52. The SMILES string of the molecule is NCCCC(Br)CN. The molecule has 0 aromatic rings. The predicted molar refractivity (Wildman–Crippen MR) is 40.1 cm³/mol. The molecule has 0 aromatic heterocycles. The van der Waals surface area contributed by atoms with Crippen molar-refractivity contribution in [2.24, 2.45) is 11.5 Å². The molecule has 8 heavy (non-hydrogen) atoms. The lowest BCUT2D eigenvalue weighted by atomic mass is 10.2. The van der Waals surface area contributed by atoms with Gasteiger partial charge in [-0.1, -0.05) is 15.9 Å². The smallest absolute Gasteiger partial charge is 0.0268 e. The average Bonchev–Trinajstić information content (AvgIpc) is 1.83. The molecule has 0 aliphatic carbocycles. The van der Waals surface area contributed by atoms with E-state index in [1.807, 2.05) is 0 Å². The summed E-state index contributed by atoms with van der Waals surface area (Å²) in [6, 6.07) is 0. The maximum absolute atomic E-state index is 5.33. The van der Waals surface area contributed by atoms with Crippen LogP contribution in [0.1, 0.15) is 12.8 Å². The number of hydrogen-bond acceptors (Lipinski definition) is 2. The van der Waals surface area contributed by atoms with E-state index in [1.54, 1.807) is 0 Å². The molecule has 3 heteroatoms. The molecule has 0 rings (SSSR count). The minimum atomic E-state index is 0.464. The lowest BCUT2D eigenvalue weighted by Gasteiger charge is -2.02. The summed E-state index contributed by atoms with van der Waals surface area (Å²) in [7, 11) is 0. The number of rotatable bonds is 4. The zero-order valence-electron chi connectivity index (χ0n) is 4.94. The van der Waals surface area contributed by atoms with Crippen molar-refractivity contribution in [3.8, 4) is 0 Å². The van der Waals surface area contributed by atoms with Gasteiger partial charge < -0.3 is 11.5 Å². The topological polar surface area (TPSA) is 52.0 Å². The van der Waals surface area contributed by atoms with Gasteiger partial charge in [0.25, 0.3) is 0 Å². The van der Waals surface area contributed by atoms with E-state index in [1.165, 1.54) is 0 Å². The average molecular weight is 181 g/mol. The highest BCUT2D eigenvalue weighted by Gasteiger charge is 1.97. The largest absolute Gasteiger partial charge is 0.330 e. The Bertz CT molecular complexity index is 49.7. The van der Waals surface area contributed by atoms with Crippen molar-refractivity contribution in [2.45, 2.75) is 17.7 Å². The van der Waals surface area contributed by atoms with Crippen molar-refractivity contribution < 1.29 is 0 Å². The maximum atomic E-state index is 5.33. The molecule has 0 aliphatic rings. The van der Waals surface area contributed by atoms with Crippen LogP contribution in [0.5, 0.6) is 0 Å². The Kier molecular flexibility index (Phi) is 5.81. The van der Waals surface area contributed by atoms with Gasteiger partial charge in [0.1, 0.15) is 0 Å². The van der Waals surface area contributed by atoms with E-state index in [4.69, 9.17) is 11.5 Å². The summed E-state index contributed by atoms with van der Waals surface area (Å²) in [6.07, 6.45) is 2.15. The fourth-order valence-corrected chi connectivity index (χ4v) is 0.781. The first-order valence-electron chi connectivity index (χ1n) is 2.85. The van der Waals surface area contributed by atoms with E-state index < -0.39 is 0 Å². The van der Waals surface area contributed by atoms with Crippen LogP contribution in [0.4, 0.5) is 0 Å². The number of hydrogen-bond donors (Lipinski definition) is 2. The first-order valence-corrected chi connectivity index (χ1v) is 3.77. The van der Waals surface area contributed by atoms with Gasteiger partial charge in [0.05, 0.1) is 0 Å². The van der Waals surface area contributed by atoms with Crippen LogP contribution in [-0.2, 0) is 0 Å². The quantitative estimate of drug-likeness (QED) is 0.618. The van der Waals surface area contributed by atoms with E-state index in [9.17, 15) is 0 Å². The van der Waals surface area contributed by atoms with E-state index in [0.29, 0.717) is 11.4 Å². The molecule has 50 valence electrons. The van der Waals surface area contributed by atoms with E-state index >= 15 is 0 Å². The summed E-state index contributed by atoms with van der Waals surface area (Å²) in [6.45, 7) is 1.47. The molecule has 0 heterocycles. The number of alkyl halides is 1. The maximum Gasteiger partial charge on any atom is 0.0268 e. The molecule has 2 nitrogen and oxygen atoms in total. The van der Waals surface area contributed by atoms with Gasteiger partial charge in [0.15, 0.2) is 0 Å². The lowest BCUT2D eigenvalue weighted by molar-refractivity contribution is 0.716. The van der Waals surface area contributed by atoms with Crippen LogP contribution in [0.3, 0.4) is 0 Å². The van der Waals surface area contributed by atoms with Crippen molar-refractivity contribution >= 4 is 15.9 Å². The van der Waals surface area contributed by atoms with Gasteiger partial charge in [0.2, 0.25) is 0 Å². The molecule has 1 atom stereocenters. The molecule has 0 aliphatic heterocycles. The fourth-order valence-electron chi connectivity index (χ4n) is 0.457. The minimum absolute atomic E-state index is 0.464. The molecule has 4 N–H and O–H groups in total. The molecule has 0 bridgehead atoms. The predicted octanol–water partition coefficient (Wildman–Crippen LogP) is 0.448. The van der Waals surface area contributed by atoms with Crippen LogP contribution in [0.2, 0.25) is 0 Å². The molecule has 0 saturated heterocycles. The number of halogens is 1. The second kappa shape index (κ2) is 5.54. The van der Waals surface area contributed by atoms with Crippen molar-refractivity contribution in [3.63, 3.8) is 0 Å². The third kappa shape index (κ3) is 4.56. The molecule has 0 aromatic carbocycles. The van der Waals surface area contributed by atoms with Crippen molar-refractivity contribution in [1.29, 1.82) is 0 Å². The first kappa shape index (κ1) is 8.40. The molecule has 1 unspecified atom stereocenters.